The molecule has 1 aliphatic carbocycles. The Bertz CT molecular complexity index is 1350. The fraction of sp³-hybridized carbons (Fsp3) is 0.613. The fourth-order valence-electron chi connectivity index (χ4n) is 6.40. The quantitative estimate of drug-likeness (QED) is 0.393. The molecule has 2 amide bonds. The van der Waals surface area contributed by atoms with Gasteiger partial charge in [-0.2, -0.15) is 13.2 Å². The lowest BCUT2D eigenvalue weighted by Crippen LogP contribution is -2.41. The molecule has 44 heavy (non-hydrogen) atoms. The molecule has 2 N–H and O–H groups in total. The molecule has 0 radical (unpaired) electrons. The van der Waals surface area contributed by atoms with Gasteiger partial charge in [-0.15, -0.1) is 0 Å². The summed E-state index contributed by atoms with van der Waals surface area (Å²) in [5.74, 6) is 1.36. The zero-order valence-corrected chi connectivity index (χ0v) is 26.3. The van der Waals surface area contributed by atoms with E-state index in [1.165, 1.54) is 4.90 Å². The van der Waals surface area contributed by atoms with Crippen LogP contribution >= 0.6 is 11.9 Å². The predicted molar refractivity (Wildman–Crippen MR) is 166 cm³/mol. The summed E-state index contributed by atoms with van der Waals surface area (Å²) in [6.45, 7) is 15.8. The number of pyridine rings is 1. The van der Waals surface area contributed by atoms with E-state index in [0.29, 0.717) is 66.0 Å². The molecule has 3 fully saturated rings. The summed E-state index contributed by atoms with van der Waals surface area (Å²) in [6, 6.07) is 3.31. The number of anilines is 2. The van der Waals surface area contributed by atoms with Gasteiger partial charge in [0.2, 0.25) is 0 Å². The highest BCUT2D eigenvalue weighted by Crippen LogP contribution is 2.60. The van der Waals surface area contributed by atoms with E-state index in [0.717, 1.165) is 24.8 Å². The summed E-state index contributed by atoms with van der Waals surface area (Å²) < 4.78 is 48.5. The molecule has 240 valence electrons. The minimum Gasteiger partial charge on any atom is -0.371 e. The molecule has 3 unspecified atom stereocenters. The number of hydrogen-bond donors (Lipinski definition) is 2. The summed E-state index contributed by atoms with van der Waals surface area (Å²) in [7, 11) is 0. The van der Waals surface area contributed by atoms with Gasteiger partial charge >= 0.3 is 6.18 Å². The Morgan fingerprint density at radius 1 is 1.23 bits per heavy atom. The van der Waals surface area contributed by atoms with Gasteiger partial charge in [0, 0.05) is 50.1 Å². The molecule has 1 saturated carbocycles. The molecular weight excluding hydrogens is 593 g/mol. The summed E-state index contributed by atoms with van der Waals surface area (Å²) in [5, 5.41) is 3.73. The zero-order valence-electron chi connectivity index (χ0n) is 25.5. The number of nitrogens with zero attached hydrogens (tertiary/aromatic N) is 4. The predicted octanol–water partition coefficient (Wildman–Crippen LogP) is 5.60. The lowest BCUT2D eigenvalue weighted by Gasteiger charge is -2.34. The summed E-state index contributed by atoms with van der Waals surface area (Å²) in [4.78, 5) is 39.9. The van der Waals surface area contributed by atoms with Crippen molar-refractivity contribution in [2.24, 2.45) is 22.2 Å². The molecule has 0 aromatic carbocycles. The number of nitrogens with one attached hydrogen (secondary N) is 2. The van der Waals surface area contributed by atoms with Crippen molar-refractivity contribution in [1.82, 2.24) is 15.0 Å². The van der Waals surface area contributed by atoms with Gasteiger partial charge in [-0.3, -0.25) is 19.2 Å². The normalized spacial score (nSPS) is 28.3. The van der Waals surface area contributed by atoms with Crippen molar-refractivity contribution in [1.29, 1.82) is 0 Å². The number of alkyl halides is 3. The average molecular weight is 635 g/mol. The molecule has 0 spiro atoms. The highest BCUT2D eigenvalue weighted by Gasteiger charge is 2.62. The maximum atomic E-state index is 13.6. The Morgan fingerprint density at radius 2 is 1.98 bits per heavy atom. The average Bonchev–Trinajstić information content (AvgIpc) is 3.59. The summed E-state index contributed by atoms with van der Waals surface area (Å²) >= 11 is 1.03. The Balaban J connectivity index is 1.39. The number of carbonyl (C=O) groups excluding carboxylic acids is 2. The van der Waals surface area contributed by atoms with Crippen molar-refractivity contribution in [3.05, 3.63) is 42.8 Å². The van der Waals surface area contributed by atoms with E-state index in [1.807, 2.05) is 0 Å². The van der Waals surface area contributed by atoms with E-state index in [4.69, 9.17) is 9.72 Å². The molecule has 1 aromatic heterocycles. The van der Waals surface area contributed by atoms with E-state index < -0.39 is 17.7 Å². The Morgan fingerprint density at radius 3 is 2.66 bits per heavy atom. The molecule has 1 aromatic rings. The van der Waals surface area contributed by atoms with Crippen molar-refractivity contribution < 1.29 is 27.5 Å². The highest BCUT2D eigenvalue weighted by atomic mass is 32.2. The van der Waals surface area contributed by atoms with Gasteiger partial charge < -0.3 is 15.0 Å². The molecule has 2 bridgehead atoms. The number of hydrogen-bond acceptors (Lipinski definition) is 8. The third-order valence-electron chi connectivity index (χ3n) is 9.46. The van der Waals surface area contributed by atoms with Crippen LogP contribution in [0.4, 0.5) is 24.8 Å². The number of aliphatic imine (C=N–C) groups is 1. The van der Waals surface area contributed by atoms with Gasteiger partial charge in [-0.25, -0.2) is 9.98 Å². The highest BCUT2D eigenvalue weighted by molar-refractivity contribution is 8.13. The monoisotopic (exact) mass is 634 g/mol. The summed E-state index contributed by atoms with van der Waals surface area (Å²) in [6.07, 6.45) is -1.31. The third-order valence-corrected chi connectivity index (χ3v) is 10.2. The Labute approximate surface area is 260 Å². The number of aromatic nitrogens is 1. The van der Waals surface area contributed by atoms with Gasteiger partial charge in [-0.05, 0) is 76.0 Å². The van der Waals surface area contributed by atoms with E-state index >= 15 is 0 Å². The van der Waals surface area contributed by atoms with Crippen molar-refractivity contribution in [3.63, 3.8) is 0 Å². The second kappa shape index (κ2) is 12.4. The second-order valence-corrected chi connectivity index (χ2v) is 13.7. The smallest absolute Gasteiger partial charge is 0.371 e. The second-order valence-electron chi connectivity index (χ2n) is 12.9. The van der Waals surface area contributed by atoms with Crippen LogP contribution in [-0.4, -0.2) is 65.9 Å². The standard InChI is InChI=1S/C31H41F3N6O3S/c1-6-25-36-20(3)35-14-9-19(2)21-17-29(4,5)40(18-21)26-22(27(41)38-44-25)7-8-24(37-26)39-15-10-23(28(39)42)43-16-13-30(11-12-30)31(32,33)34/h6-8,19,21,23,35H,1,3,9-18H2,2,4-5H3,(H,38,41)/b36-25+. The molecule has 13 heteroatoms. The SMILES string of the molecule is C=C/C1=N\C(=C)NCCC(C)C2CN(c3nc(N4CCC(OCCC5(C(F)(F)F)CC5)C4=O)ccc3C(=O)NS1)C(C)(C)C2. The van der Waals surface area contributed by atoms with Gasteiger partial charge in [-0.1, -0.05) is 20.1 Å². The fourth-order valence-corrected chi connectivity index (χ4v) is 6.95. The first-order chi connectivity index (χ1) is 20.7. The van der Waals surface area contributed by atoms with Crippen molar-refractivity contribution in [2.45, 2.75) is 77.1 Å². The van der Waals surface area contributed by atoms with E-state index in [9.17, 15) is 22.8 Å². The van der Waals surface area contributed by atoms with Gasteiger partial charge in [0.15, 0.2) is 0 Å². The largest absolute Gasteiger partial charge is 0.394 e. The van der Waals surface area contributed by atoms with Gasteiger partial charge in [0.1, 0.15) is 28.6 Å². The number of fused-ring (bicyclic) bond motifs is 4. The first-order valence-electron chi connectivity index (χ1n) is 15.1. The lowest BCUT2D eigenvalue weighted by atomic mass is 9.86. The van der Waals surface area contributed by atoms with Crippen LogP contribution in [0.5, 0.6) is 0 Å². The first kappa shape index (κ1) is 32.3. The third kappa shape index (κ3) is 6.63. The van der Waals surface area contributed by atoms with Crippen LogP contribution in [0.2, 0.25) is 0 Å². The molecule has 4 aliphatic rings. The van der Waals surface area contributed by atoms with Crippen molar-refractivity contribution >= 4 is 40.4 Å². The van der Waals surface area contributed by atoms with Crippen LogP contribution in [-0.2, 0) is 9.53 Å². The lowest BCUT2D eigenvalue weighted by molar-refractivity contribution is -0.192. The number of rotatable bonds is 6. The van der Waals surface area contributed by atoms with Crippen LogP contribution in [0.3, 0.4) is 0 Å². The van der Waals surface area contributed by atoms with Gasteiger partial charge in [0.05, 0.1) is 11.0 Å². The molecule has 4 heterocycles. The van der Waals surface area contributed by atoms with Crippen LogP contribution in [0.1, 0.15) is 69.7 Å². The van der Waals surface area contributed by atoms with Gasteiger partial charge in [0.25, 0.3) is 11.8 Å². The van der Waals surface area contributed by atoms with Crippen molar-refractivity contribution in [3.8, 4) is 0 Å². The minimum atomic E-state index is -4.25. The zero-order chi connectivity index (χ0) is 31.9. The molecule has 3 atom stereocenters. The van der Waals surface area contributed by atoms with Crippen LogP contribution in [0.15, 0.2) is 42.2 Å². The molecule has 5 rings (SSSR count). The maximum Gasteiger partial charge on any atom is 0.394 e. The Kier molecular flexibility index (Phi) is 9.10. The molecular formula is C31H41F3N6O3S. The first-order valence-corrected chi connectivity index (χ1v) is 16.0. The molecule has 3 aliphatic heterocycles. The topological polar surface area (TPSA) is 99.2 Å². The number of carbonyl (C=O) groups is 2. The molecule has 2 saturated heterocycles. The van der Waals surface area contributed by atoms with Crippen molar-refractivity contribution in [2.75, 3.05) is 36.0 Å². The number of amides is 2. The van der Waals surface area contributed by atoms with E-state index in [2.05, 4.69) is 53.9 Å². The Hall–Kier alpha value is -3.06. The minimum absolute atomic E-state index is 0.107. The molecule has 9 nitrogen and oxygen atoms in total. The maximum absolute atomic E-state index is 13.6. The van der Waals surface area contributed by atoms with Crippen LogP contribution in [0, 0.1) is 17.3 Å². The van der Waals surface area contributed by atoms with Crippen LogP contribution < -0.4 is 19.8 Å². The number of ether oxygens (including phenoxy) is 1. The van der Waals surface area contributed by atoms with Crippen LogP contribution in [0.25, 0.3) is 0 Å². The van der Waals surface area contributed by atoms with E-state index in [-0.39, 0.29) is 43.2 Å². The number of halogens is 3. The van der Waals surface area contributed by atoms with E-state index in [1.54, 1.807) is 18.2 Å². The summed E-state index contributed by atoms with van der Waals surface area (Å²) in [5.41, 5.74) is -1.62.